The number of hydrogen-bond donors (Lipinski definition) is 0. The molecule has 0 heterocycles. The Morgan fingerprint density at radius 1 is 1.27 bits per heavy atom. The predicted octanol–water partition coefficient (Wildman–Crippen LogP) is 0.651. The summed E-state index contributed by atoms with van der Waals surface area (Å²) in [6.07, 6.45) is 1.06. The summed E-state index contributed by atoms with van der Waals surface area (Å²) in [5, 5.41) is 0. The van der Waals surface area contributed by atoms with Crippen molar-refractivity contribution in [3.8, 4) is 0 Å². The van der Waals surface area contributed by atoms with Crippen LogP contribution in [0.5, 0.6) is 0 Å². The van der Waals surface area contributed by atoms with Gasteiger partial charge in [0.2, 0.25) is 0 Å². The fraction of sp³-hybridized carbons (Fsp3) is 0.333. The van der Waals surface area contributed by atoms with Crippen molar-refractivity contribution in [2.75, 3.05) is 14.2 Å². The SMILES string of the molecule is COC(=O)C=C(I)C(=O)OC. The largest absolute Gasteiger partial charge is 0.466 e. The lowest BCUT2D eigenvalue weighted by molar-refractivity contribution is -0.137. The van der Waals surface area contributed by atoms with E-state index in [-0.39, 0.29) is 3.58 Å². The Bertz CT molecular complexity index is 197. The third kappa shape index (κ3) is 3.97. The monoisotopic (exact) mass is 270 g/mol. The molecule has 0 aliphatic carbocycles. The van der Waals surface area contributed by atoms with Gasteiger partial charge in [-0.15, -0.1) is 0 Å². The molecule has 0 aromatic heterocycles. The van der Waals surface area contributed by atoms with Crippen molar-refractivity contribution < 1.29 is 19.1 Å². The predicted molar refractivity (Wildman–Crippen MR) is 46.1 cm³/mol. The summed E-state index contributed by atoms with van der Waals surface area (Å²) in [4.78, 5) is 21.2. The molecule has 0 saturated heterocycles. The Labute approximate surface area is 77.7 Å². The smallest absolute Gasteiger partial charge is 0.344 e. The number of carbonyl (C=O) groups is 2. The number of halogens is 1. The maximum absolute atomic E-state index is 10.7. The maximum Gasteiger partial charge on any atom is 0.344 e. The molecule has 0 bridgehead atoms. The average Bonchev–Trinajstić information content (AvgIpc) is 2.02. The van der Waals surface area contributed by atoms with Gasteiger partial charge in [0, 0.05) is 6.08 Å². The second-order valence-electron chi connectivity index (χ2n) is 1.51. The molecular formula is C6H7IO4. The van der Waals surface area contributed by atoms with Gasteiger partial charge in [0.25, 0.3) is 0 Å². The Hall–Kier alpha value is -0.590. The summed E-state index contributed by atoms with van der Waals surface area (Å²) in [6.45, 7) is 0. The van der Waals surface area contributed by atoms with Crippen molar-refractivity contribution in [2.24, 2.45) is 0 Å². The molecule has 0 aliphatic rings. The summed E-state index contributed by atoms with van der Waals surface area (Å²) >= 11 is 1.69. The van der Waals surface area contributed by atoms with Crippen LogP contribution in [0.2, 0.25) is 0 Å². The molecule has 11 heavy (non-hydrogen) atoms. The Balaban J connectivity index is 4.21. The van der Waals surface area contributed by atoms with Crippen LogP contribution in [0.25, 0.3) is 0 Å². The molecule has 0 aliphatic heterocycles. The first-order chi connectivity index (χ1) is 5.11. The Kier molecular flexibility index (Phi) is 4.84. The van der Waals surface area contributed by atoms with E-state index >= 15 is 0 Å². The molecular weight excluding hydrogens is 263 g/mol. The van der Waals surface area contributed by atoms with E-state index in [4.69, 9.17) is 0 Å². The quantitative estimate of drug-likeness (QED) is 0.420. The highest BCUT2D eigenvalue weighted by Gasteiger charge is 2.07. The molecule has 62 valence electrons. The zero-order valence-corrected chi connectivity index (χ0v) is 8.25. The van der Waals surface area contributed by atoms with Crippen LogP contribution in [0.3, 0.4) is 0 Å². The average molecular weight is 270 g/mol. The normalized spacial score (nSPS) is 10.6. The second-order valence-corrected chi connectivity index (χ2v) is 2.67. The van der Waals surface area contributed by atoms with Crippen LogP contribution in [-0.4, -0.2) is 26.2 Å². The number of ether oxygens (including phenoxy) is 2. The van der Waals surface area contributed by atoms with Crippen LogP contribution in [0, 0.1) is 0 Å². The minimum absolute atomic E-state index is 0.192. The maximum atomic E-state index is 10.7. The van der Waals surface area contributed by atoms with Gasteiger partial charge in [0.05, 0.1) is 14.2 Å². The van der Waals surface area contributed by atoms with Crippen LogP contribution in [-0.2, 0) is 19.1 Å². The molecule has 0 unspecified atom stereocenters. The summed E-state index contributed by atoms with van der Waals surface area (Å²) in [5.74, 6) is -1.11. The first-order valence-corrected chi connectivity index (χ1v) is 3.73. The van der Waals surface area contributed by atoms with Gasteiger partial charge in [0.1, 0.15) is 3.58 Å². The van der Waals surface area contributed by atoms with Gasteiger partial charge in [-0.2, -0.15) is 0 Å². The number of methoxy groups -OCH3 is 2. The van der Waals surface area contributed by atoms with Crippen molar-refractivity contribution in [2.45, 2.75) is 0 Å². The van der Waals surface area contributed by atoms with Crippen molar-refractivity contribution >= 4 is 34.5 Å². The van der Waals surface area contributed by atoms with E-state index in [1.807, 2.05) is 0 Å². The van der Waals surface area contributed by atoms with Crippen LogP contribution >= 0.6 is 22.6 Å². The van der Waals surface area contributed by atoms with E-state index in [9.17, 15) is 9.59 Å². The van der Waals surface area contributed by atoms with Gasteiger partial charge in [-0.05, 0) is 22.6 Å². The topological polar surface area (TPSA) is 52.6 Å². The fourth-order valence-electron chi connectivity index (χ4n) is 0.319. The van der Waals surface area contributed by atoms with E-state index in [1.165, 1.54) is 14.2 Å². The van der Waals surface area contributed by atoms with Crippen LogP contribution < -0.4 is 0 Å². The highest BCUT2D eigenvalue weighted by molar-refractivity contribution is 14.1. The number of rotatable bonds is 2. The molecule has 0 fully saturated rings. The van der Waals surface area contributed by atoms with Gasteiger partial charge in [-0.3, -0.25) is 0 Å². The molecule has 5 heteroatoms. The summed E-state index contributed by atoms with van der Waals surface area (Å²) < 4.78 is 8.81. The first kappa shape index (κ1) is 10.4. The highest BCUT2D eigenvalue weighted by atomic mass is 127. The fourth-order valence-corrected chi connectivity index (χ4v) is 0.793. The Morgan fingerprint density at radius 3 is 2.18 bits per heavy atom. The lowest BCUT2D eigenvalue weighted by atomic mass is 10.5. The molecule has 0 amide bonds. The molecule has 0 spiro atoms. The van der Waals surface area contributed by atoms with Crippen molar-refractivity contribution in [1.29, 1.82) is 0 Å². The van der Waals surface area contributed by atoms with Gasteiger partial charge < -0.3 is 9.47 Å². The minimum atomic E-state index is -0.570. The zero-order chi connectivity index (χ0) is 8.85. The van der Waals surface area contributed by atoms with Crippen molar-refractivity contribution in [1.82, 2.24) is 0 Å². The summed E-state index contributed by atoms with van der Waals surface area (Å²) in [7, 11) is 2.48. The lowest BCUT2D eigenvalue weighted by Crippen LogP contribution is -2.03. The van der Waals surface area contributed by atoms with Crippen LogP contribution in [0.4, 0.5) is 0 Å². The van der Waals surface area contributed by atoms with E-state index in [2.05, 4.69) is 9.47 Å². The number of carbonyl (C=O) groups excluding carboxylic acids is 2. The van der Waals surface area contributed by atoms with E-state index in [1.54, 1.807) is 22.6 Å². The van der Waals surface area contributed by atoms with Crippen molar-refractivity contribution in [3.63, 3.8) is 0 Å². The molecule has 0 radical (unpaired) electrons. The minimum Gasteiger partial charge on any atom is -0.466 e. The van der Waals surface area contributed by atoms with Crippen LogP contribution in [0.1, 0.15) is 0 Å². The van der Waals surface area contributed by atoms with E-state index in [0.717, 1.165) is 6.08 Å². The zero-order valence-electron chi connectivity index (χ0n) is 6.09. The third-order valence-corrected chi connectivity index (χ3v) is 1.58. The summed E-state index contributed by atoms with van der Waals surface area (Å²) in [5.41, 5.74) is 0. The third-order valence-electron chi connectivity index (χ3n) is 0.826. The number of esters is 2. The van der Waals surface area contributed by atoms with Crippen molar-refractivity contribution in [3.05, 3.63) is 9.66 Å². The second kappa shape index (κ2) is 5.11. The molecule has 0 atom stereocenters. The van der Waals surface area contributed by atoms with E-state index in [0.29, 0.717) is 0 Å². The van der Waals surface area contributed by atoms with Gasteiger partial charge in [0.15, 0.2) is 0 Å². The van der Waals surface area contributed by atoms with Gasteiger partial charge in [-0.25, -0.2) is 9.59 Å². The molecule has 0 aromatic rings. The summed E-state index contributed by atoms with van der Waals surface area (Å²) in [6, 6.07) is 0. The highest BCUT2D eigenvalue weighted by Crippen LogP contribution is 2.07. The lowest BCUT2D eigenvalue weighted by Gasteiger charge is -1.95. The molecule has 0 saturated carbocycles. The van der Waals surface area contributed by atoms with E-state index < -0.39 is 11.9 Å². The Morgan fingerprint density at radius 2 is 1.82 bits per heavy atom. The standard InChI is InChI=1S/C6H7IO4/c1-10-5(8)3-4(7)6(9)11-2/h3H,1-2H3. The van der Waals surface area contributed by atoms with Crippen LogP contribution in [0.15, 0.2) is 9.66 Å². The number of hydrogen-bond acceptors (Lipinski definition) is 4. The molecule has 0 N–H and O–H groups in total. The first-order valence-electron chi connectivity index (χ1n) is 2.65. The molecule has 0 aromatic carbocycles. The molecule has 4 nitrogen and oxygen atoms in total. The van der Waals surface area contributed by atoms with Gasteiger partial charge in [-0.1, -0.05) is 0 Å². The molecule has 0 rings (SSSR count). The van der Waals surface area contributed by atoms with Gasteiger partial charge >= 0.3 is 11.9 Å².